The number of aryl methyl sites for hydroxylation is 1. The number of carbonyl (C=O) groups excluding carboxylic acids is 1. The van der Waals surface area contributed by atoms with Gasteiger partial charge in [-0.15, -0.1) is 0 Å². The fourth-order valence-electron chi connectivity index (χ4n) is 2.98. The summed E-state index contributed by atoms with van der Waals surface area (Å²) in [5.74, 6) is -0.531. The third-order valence-corrected chi connectivity index (χ3v) is 4.13. The zero-order chi connectivity index (χ0) is 18.1. The number of amides is 1. The molecule has 1 N–H and O–H groups in total. The van der Waals surface area contributed by atoms with Crippen LogP contribution in [-0.4, -0.2) is 15.6 Å². The largest absolute Gasteiger partial charge is 0.370 e. The molecule has 4 aromatic rings. The lowest BCUT2D eigenvalue weighted by Gasteiger charge is -2.08. The van der Waals surface area contributed by atoms with Crippen molar-refractivity contribution < 1.29 is 9.32 Å². The second-order valence-electron chi connectivity index (χ2n) is 5.80. The summed E-state index contributed by atoms with van der Waals surface area (Å²) in [6, 6.07) is 18.4. The molecule has 0 atom stereocenters. The monoisotopic (exact) mass is 345 g/mol. The summed E-state index contributed by atoms with van der Waals surface area (Å²) in [6.07, 6.45) is 1.66. The van der Waals surface area contributed by atoms with Gasteiger partial charge in [0.05, 0.1) is 11.2 Å². The summed E-state index contributed by atoms with van der Waals surface area (Å²) in [5, 5.41) is 3.69. The number of anilines is 1. The molecule has 0 aliphatic rings. The minimum atomic E-state index is -0.683. The van der Waals surface area contributed by atoms with Crippen molar-refractivity contribution in [2.24, 2.45) is 7.05 Å². The van der Waals surface area contributed by atoms with Gasteiger partial charge in [-0.3, -0.25) is 9.78 Å². The number of rotatable bonds is 3. The van der Waals surface area contributed by atoms with Crippen LogP contribution in [0.2, 0.25) is 0 Å². The summed E-state index contributed by atoms with van der Waals surface area (Å²) in [4.78, 5) is 29.5. The highest BCUT2D eigenvalue weighted by molar-refractivity contribution is 6.10. The average molecular weight is 345 g/mol. The Morgan fingerprint density at radius 2 is 1.81 bits per heavy atom. The molecule has 2 heterocycles. The van der Waals surface area contributed by atoms with Crippen LogP contribution in [0.25, 0.3) is 22.2 Å². The molecule has 0 aliphatic heterocycles. The van der Waals surface area contributed by atoms with Crippen LogP contribution < -0.4 is 10.9 Å². The Bertz CT molecular complexity index is 1150. The van der Waals surface area contributed by atoms with E-state index in [1.807, 2.05) is 54.6 Å². The summed E-state index contributed by atoms with van der Waals surface area (Å²) in [6.45, 7) is 0. The Hall–Kier alpha value is -3.67. The van der Waals surface area contributed by atoms with E-state index in [4.69, 9.17) is 4.52 Å². The van der Waals surface area contributed by atoms with Gasteiger partial charge in [-0.05, 0) is 12.1 Å². The van der Waals surface area contributed by atoms with E-state index in [1.54, 1.807) is 19.3 Å². The number of aromatic nitrogens is 2. The quantitative estimate of drug-likeness (QED) is 0.617. The van der Waals surface area contributed by atoms with E-state index in [-0.39, 0.29) is 5.56 Å². The van der Waals surface area contributed by atoms with E-state index >= 15 is 0 Å². The second-order valence-corrected chi connectivity index (χ2v) is 5.80. The van der Waals surface area contributed by atoms with Gasteiger partial charge in [-0.2, -0.15) is 0 Å². The molecule has 0 aliphatic carbocycles. The number of fused-ring (bicyclic) bond motifs is 1. The highest BCUT2D eigenvalue weighted by atomic mass is 16.5. The fourth-order valence-corrected chi connectivity index (χ4v) is 2.98. The number of benzene rings is 2. The lowest BCUT2D eigenvalue weighted by molar-refractivity contribution is 0.102. The number of pyridine rings is 1. The number of carbonyl (C=O) groups is 1. The molecular formula is C20H15N3O3. The van der Waals surface area contributed by atoms with Gasteiger partial charge in [0.2, 0.25) is 0 Å². The minimum Gasteiger partial charge on any atom is -0.335 e. The van der Waals surface area contributed by atoms with Crippen molar-refractivity contribution in [1.29, 1.82) is 0 Å². The SMILES string of the molecule is Cn1oc(=O)c(C(=O)Nc2cccc3cccnc23)c1-c1ccccc1. The van der Waals surface area contributed by atoms with Crippen molar-refractivity contribution in [3.05, 3.63) is 82.8 Å². The van der Waals surface area contributed by atoms with Crippen molar-refractivity contribution in [1.82, 2.24) is 9.72 Å². The lowest BCUT2D eigenvalue weighted by Crippen LogP contribution is -2.19. The first-order valence-electron chi connectivity index (χ1n) is 8.06. The smallest absolute Gasteiger partial charge is 0.335 e. The van der Waals surface area contributed by atoms with Crippen LogP contribution in [0.5, 0.6) is 0 Å². The fraction of sp³-hybridized carbons (Fsp3) is 0.0500. The van der Waals surface area contributed by atoms with Gasteiger partial charge in [0, 0.05) is 24.2 Å². The van der Waals surface area contributed by atoms with E-state index < -0.39 is 11.5 Å². The van der Waals surface area contributed by atoms with Crippen LogP contribution in [0.3, 0.4) is 0 Å². The standard InChI is InChI=1S/C20H15N3O3/c1-23-18(14-7-3-2-4-8-14)16(20(25)26-23)19(24)22-15-11-5-9-13-10-6-12-21-17(13)15/h2-12H,1H3,(H,22,24). The average Bonchev–Trinajstić information content (AvgIpc) is 2.96. The zero-order valence-corrected chi connectivity index (χ0v) is 14.0. The Balaban J connectivity index is 1.79. The first-order chi connectivity index (χ1) is 12.6. The minimum absolute atomic E-state index is 0.0355. The molecule has 0 saturated carbocycles. The van der Waals surface area contributed by atoms with E-state index in [9.17, 15) is 9.59 Å². The summed E-state index contributed by atoms with van der Waals surface area (Å²) < 4.78 is 6.44. The molecule has 0 fully saturated rings. The van der Waals surface area contributed by atoms with Crippen molar-refractivity contribution in [2.45, 2.75) is 0 Å². The molecule has 0 radical (unpaired) electrons. The first-order valence-corrected chi connectivity index (χ1v) is 8.06. The zero-order valence-electron chi connectivity index (χ0n) is 14.0. The maximum atomic E-state index is 12.9. The molecule has 0 unspecified atom stereocenters. The van der Waals surface area contributed by atoms with Crippen molar-refractivity contribution >= 4 is 22.5 Å². The van der Waals surface area contributed by atoms with Crippen LogP contribution in [0, 0.1) is 0 Å². The molecule has 2 aromatic heterocycles. The molecule has 1 amide bonds. The third-order valence-electron chi connectivity index (χ3n) is 4.13. The summed E-state index contributed by atoms with van der Waals surface area (Å²) in [7, 11) is 1.60. The number of hydrogen-bond donors (Lipinski definition) is 1. The first kappa shape index (κ1) is 15.8. The Labute approximate surface area is 148 Å². The topological polar surface area (TPSA) is 77.1 Å². The van der Waals surface area contributed by atoms with Gasteiger partial charge in [0.1, 0.15) is 5.69 Å². The summed E-state index contributed by atoms with van der Waals surface area (Å²) in [5.41, 5.74) is 1.63. The Morgan fingerprint density at radius 3 is 2.62 bits per heavy atom. The molecule has 2 aromatic carbocycles. The predicted octanol–water partition coefficient (Wildman–Crippen LogP) is 3.45. The van der Waals surface area contributed by atoms with Gasteiger partial charge in [0.15, 0.2) is 5.56 Å². The van der Waals surface area contributed by atoms with Crippen LogP contribution in [0.15, 0.2) is 76.2 Å². The van der Waals surface area contributed by atoms with E-state index in [1.165, 1.54) is 4.74 Å². The number of nitrogens with zero attached hydrogens (tertiary/aromatic N) is 2. The van der Waals surface area contributed by atoms with Crippen molar-refractivity contribution in [2.75, 3.05) is 5.32 Å². The van der Waals surface area contributed by atoms with Gasteiger partial charge < -0.3 is 9.84 Å². The van der Waals surface area contributed by atoms with Gasteiger partial charge in [-0.1, -0.05) is 48.5 Å². The number of hydrogen-bond acceptors (Lipinski definition) is 4. The third kappa shape index (κ3) is 2.67. The van der Waals surface area contributed by atoms with Gasteiger partial charge >= 0.3 is 5.63 Å². The Kier molecular flexibility index (Phi) is 3.85. The van der Waals surface area contributed by atoms with Crippen LogP contribution >= 0.6 is 0 Å². The van der Waals surface area contributed by atoms with Crippen LogP contribution in [0.1, 0.15) is 10.4 Å². The lowest BCUT2D eigenvalue weighted by atomic mass is 10.1. The van der Waals surface area contributed by atoms with E-state index in [2.05, 4.69) is 10.3 Å². The number of para-hydroxylation sites is 1. The maximum Gasteiger partial charge on any atom is 0.370 e. The van der Waals surface area contributed by atoms with Crippen molar-refractivity contribution in [3.63, 3.8) is 0 Å². The molecule has 0 bridgehead atoms. The molecule has 0 spiro atoms. The highest BCUT2D eigenvalue weighted by Crippen LogP contribution is 2.25. The van der Waals surface area contributed by atoms with Gasteiger partial charge in [0.25, 0.3) is 5.91 Å². The second kappa shape index (κ2) is 6.33. The molecule has 6 nitrogen and oxygen atoms in total. The Morgan fingerprint density at radius 1 is 1.04 bits per heavy atom. The van der Waals surface area contributed by atoms with Crippen LogP contribution in [0.4, 0.5) is 5.69 Å². The van der Waals surface area contributed by atoms with Crippen molar-refractivity contribution in [3.8, 4) is 11.3 Å². The molecule has 128 valence electrons. The summed E-state index contributed by atoms with van der Waals surface area (Å²) >= 11 is 0. The molecule has 0 saturated heterocycles. The van der Waals surface area contributed by atoms with E-state index in [0.717, 1.165) is 10.9 Å². The maximum absolute atomic E-state index is 12.9. The normalized spacial score (nSPS) is 10.8. The predicted molar refractivity (Wildman–Crippen MR) is 99.1 cm³/mol. The highest BCUT2D eigenvalue weighted by Gasteiger charge is 2.24. The van der Waals surface area contributed by atoms with Crippen LogP contribution in [-0.2, 0) is 7.05 Å². The molecule has 6 heteroatoms. The van der Waals surface area contributed by atoms with Gasteiger partial charge in [-0.25, -0.2) is 9.53 Å². The number of nitrogens with one attached hydrogen (secondary N) is 1. The van der Waals surface area contributed by atoms with E-state index in [0.29, 0.717) is 16.9 Å². The molecular weight excluding hydrogens is 330 g/mol. The molecule has 4 rings (SSSR count). The molecule has 26 heavy (non-hydrogen) atoms.